The van der Waals surface area contributed by atoms with E-state index in [1.807, 2.05) is 48.5 Å². The van der Waals surface area contributed by atoms with Crippen molar-refractivity contribution in [3.63, 3.8) is 0 Å². The van der Waals surface area contributed by atoms with Gasteiger partial charge in [0.05, 0.1) is 11.9 Å². The third-order valence-electron chi connectivity index (χ3n) is 5.30. The van der Waals surface area contributed by atoms with Gasteiger partial charge in [-0.05, 0) is 45.7 Å². The van der Waals surface area contributed by atoms with E-state index >= 15 is 0 Å². The van der Waals surface area contributed by atoms with Crippen LogP contribution in [0.1, 0.15) is 27.3 Å². The van der Waals surface area contributed by atoms with Crippen molar-refractivity contribution in [1.29, 1.82) is 0 Å². The molecule has 2 heterocycles. The van der Waals surface area contributed by atoms with E-state index in [9.17, 15) is 4.79 Å². The van der Waals surface area contributed by atoms with E-state index in [1.165, 1.54) is 6.21 Å². The van der Waals surface area contributed by atoms with Crippen LogP contribution >= 0.6 is 0 Å². The van der Waals surface area contributed by atoms with Gasteiger partial charge in [0.15, 0.2) is 5.69 Å². The van der Waals surface area contributed by atoms with E-state index in [-0.39, 0.29) is 17.3 Å². The van der Waals surface area contributed by atoms with Crippen molar-refractivity contribution in [1.82, 2.24) is 30.7 Å². The minimum Gasteiger partial charge on any atom is -0.488 e. The molecule has 2 aromatic heterocycles. The first-order valence-corrected chi connectivity index (χ1v) is 10.6. The number of nitrogens with zero attached hydrogens (tertiary/aromatic N) is 6. The second kappa shape index (κ2) is 9.43. The summed E-state index contributed by atoms with van der Waals surface area (Å²) < 4.78 is 11.8. The lowest BCUT2D eigenvalue weighted by Gasteiger charge is -2.11. The molecule has 0 unspecified atom stereocenters. The molecule has 0 saturated carbocycles. The van der Waals surface area contributed by atoms with Crippen molar-refractivity contribution in [2.24, 2.45) is 5.10 Å². The fourth-order valence-corrected chi connectivity index (χ4v) is 3.61. The monoisotopic (exact) mass is 468 g/mol. The van der Waals surface area contributed by atoms with Crippen LogP contribution in [0.2, 0.25) is 0 Å². The smallest absolute Gasteiger partial charge is 0.292 e. The summed E-state index contributed by atoms with van der Waals surface area (Å²) in [5, 5.41) is 21.3. The third kappa shape index (κ3) is 4.42. The van der Waals surface area contributed by atoms with Crippen molar-refractivity contribution in [3.8, 4) is 11.6 Å². The Morgan fingerprint density at radius 2 is 1.91 bits per heavy atom. The molecule has 0 fully saturated rings. The summed E-state index contributed by atoms with van der Waals surface area (Å²) in [4.78, 5) is 12.8. The molecular weight excluding hydrogens is 448 g/mol. The molecular formula is C24H20N8O3. The number of ether oxygens (including phenoxy) is 1. The van der Waals surface area contributed by atoms with E-state index < -0.39 is 5.91 Å². The Bertz CT molecular complexity index is 1530. The number of nitrogens with two attached hydrogens (primary N) is 1. The van der Waals surface area contributed by atoms with E-state index in [0.29, 0.717) is 23.6 Å². The molecule has 174 valence electrons. The maximum absolute atomic E-state index is 12.8. The van der Waals surface area contributed by atoms with E-state index in [1.54, 1.807) is 6.92 Å². The maximum atomic E-state index is 12.8. The van der Waals surface area contributed by atoms with E-state index in [4.69, 9.17) is 10.5 Å². The Morgan fingerprint density at radius 3 is 2.77 bits per heavy atom. The quantitative estimate of drug-likeness (QED) is 0.274. The number of aryl methyl sites for hydroxylation is 1. The maximum Gasteiger partial charge on any atom is 0.292 e. The van der Waals surface area contributed by atoms with Gasteiger partial charge in [0.2, 0.25) is 11.6 Å². The summed E-state index contributed by atoms with van der Waals surface area (Å²) in [7, 11) is 0. The highest BCUT2D eigenvalue weighted by Crippen LogP contribution is 2.22. The van der Waals surface area contributed by atoms with Gasteiger partial charge in [0.25, 0.3) is 5.91 Å². The lowest BCUT2D eigenvalue weighted by atomic mass is 10.1. The lowest BCUT2D eigenvalue weighted by Crippen LogP contribution is -2.22. The average molecular weight is 468 g/mol. The first kappa shape index (κ1) is 21.8. The number of rotatable bonds is 7. The van der Waals surface area contributed by atoms with Gasteiger partial charge in [-0.15, -0.1) is 5.10 Å². The molecule has 0 bridgehead atoms. The van der Waals surface area contributed by atoms with Crippen LogP contribution < -0.4 is 15.9 Å². The fraction of sp³-hybridized carbons (Fsp3) is 0.0833. The number of hydrogen-bond donors (Lipinski definition) is 2. The molecule has 0 saturated heterocycles. The summed E-state index contributed by atoms with van der Waals surface area (Å²) >= 11 is 0. The molecule has 1 amide bonds. The number of amides is 1. The minimum atomic E-state index is -0.555. The number of anilines is 1. The van der Waals surface area contributed by atoms with Crippen LogP contribution in [-0.4, -0.2) is 37.4 Å². The van der Waals surface area contributed by atoms with Crippen LogP contribution in [-0.2, 0) is 6.61 Å². The van der Waals surface area contributed by atoms with Gasteiger partial charge in [0.1, 0.15) is 12.4 Å². The van der Waals surface area contributed by atoms with Gasteiger partial charge in [-0.2, -0.15) is 9.78 Å². The Kier molecular flexibility index (Phi) is 5.87. The SMILES string of the molecule is Cc1nnn(-c2nonc2N)c1C(=O)NN=Cc1ccccc1OCc1cccc2ccccc12. The van der Waals surface area contributed by atoms with Crippen molar-refractivity contribution in [2.45, 2.75) is 13.5 Å². The summed E-state index contributed by atoms with van der Waals surface area (Å²) in [6.07, 6.45) is 1.51. The van der Waals surface area contributed by atoms with E-state index in [2.05, 4.69) is 54.0 Å². The largest absolute Gasteiger partial charge is 0.488 e. The Hall–Kier alpha value is -5.06. The zero-order valence-electron chi connectivity index (χ0n) is 18.6. The molecule has 0 radical (unpaired) electrons. The van der Waals surface area contributed by atoms with Crippen molar-refractivity contribution in [2.75, 3.05) is 5.73 Å². The van der Waals surface area contributed by atoms with Crippen LogP contribution in [0.15, 0.2) is 76.5 Å². The number of para-hydroxylation sites is 1. The number of carbonyl (C=O) groups excluding carboxylic acids is 1. The highest BCUT2D eigenvalue weighted by molar-refractivity contribution is 5.95. The van der Waals surface area contributed by atoms with Crippen molar-refractivity contribution in [3.05, 3.63) is 89.2 Å². The van der Waals surface area contributed by atoms with Gasteiger partial charge in [0, 0.05) is 5.56 Å². The predicted octanol–water partition coefficient (Wildman–Crippen LogP) is 3.04. The fourth-order valence-electron chi connectivity index (χ4n) is 3.61. The Balaban J connectivity index is 1.31. The molecule has 5 rings (SSSR count). The minimum absolute atomic E-state index is 0.0234. The standard InChI is InChI=1S/C24H20N8O3/c1-15-21(32(31-27-15)23-22(25)29-35-30-23)24(33)28-26-13-17-8-3-5-12-20(17)34-14-18-10-6-9-16-7-2-4-11-19(16)18/h2-13H,14H2,1H3,(H2,25,29)(H,28,33). The topological polar surface area (TPSA) is 146 Å². The zero-order chi connectivity index (χ0) is 24.2. The molecule has 0 aliphatic heterocycles. The third-order valence-corrected chi connectivity index (χ3v) is 5.30. The van der Waals surface area contributed by atoms with Gasteiger partial charge >= 0.3 is 0 Å². The zero-order valence-corrected chi connectivity index (χ0v) is 18.6. The normalized spacial score (nSPS) is 11.2. The van der Waals surface area contributed by atoms with Crippen LogP contribution in [0.25, 0.3) is 16.6 Å². The number of nitrogens with one attached hydrogen (secondary N) is 1. The molecule has 0 spiro atoms. The van der Waals surface area contributed by atoms with Gasteiger partial charge in [-0.1, -0.05) is 59.8 Å². The number of aromatic nitrogens is 5. The average Bonchev–Trinajstić information content (AvgIpc) is 3.48. The molecule has 0 atom stereocenters. The number of hydrazone groups is 1. The Labute approximate surface area is 199 Å². The Morgan fingerprint density at radius 1 is 1.11 bits per heavy atom. The number of fused-ring (bicyclic) bond motifs is 1. The summed E-state index contributed by atoms with van der Waals surface area (Å²) in [6, 6.07) is 21.7. The van der Waals surface area contributed by atoms with Crippen molar-refractivity contribution < 1.29 is 14.2 Å². The highest BCUT2D eigenvalue weighted by atomic mass is 16.6. The number of benzene rings is 3. The van der Waals surface area contributed by atoms with Gasteiger partial charge < -0.3 is 10.5 Å². The second-order valence-electron chi connectivity index (χ2n) is 7.57. The molecule has 35 heavy (non-hydrogen) atoms. The van der Waals surface area contributed by atoms with Gasteiger partial charge in [-0.25, -0.2) is 10.1 Å². The first-order valence-electron chi connectivity index (χ1n) is 10.6. The molecule has 3 N–H and O–H groups in total. The molecule has 11 nitrogen and oxygen atoms in total. The first-order chi connectivity index (χ1) is 17.1. The molecule has 3 aromatic carbocycles. The number of nitrogen functional groups attached to an aromatic ring is 1. The lowest BCUT2D eigenvalue weighted by molar-refractivity contribution is 0.0946. The molecule has 0 aliphatic carbocycles. The van der Waals surface area contributed by atoms with Crippen LogP contribution in [0, 0.1) is 6.92 Å². The number of hydrogen-bond acceptors (Lipinski definition) is 9. The molecule has 0 aliphatic rings. The highest BCUT2D eigenvalue weighted by Gasteiger charge is 2.22. The van der Waals surface area contributed by atoms with Crippen LogP contribution in [0.3, 0.4) is 0 Å². The number of carbonyl (C=O) groups is 1. The second-order valence-corrected chi connectivity index (χ2v) is 7.57. The molecule has 5 aromatic rings. The predicted molar refractivity (Wildman–Crippen MR) is 128 cm³/mol. The molecule has 11 heteroatoms. The van der Waals surface area contributed by atoms with Crippen LogP contribution in [0.4, 0.5) is 5.82 Å². The van der Waals surface area contributed by atoms with Crippen molar-refractivity contribution >= 4 is 28.7 Å². The van der Waals surface area contributed by atoms with Gasteiger partial charge in [-0.3, -0.25) is 4.79 Å². The summed E-state index contributed by atoms with van der Waals surface area (Å²) in [5.41, 5.74) is 10.4. The van der Waals surface area contributed by atoms with Crippen LogP contribution in [0.5, 0.6) is 5.75 Å². The summed E-state index contributed by atoms with van der Waals surface area (Å²) in [6.45, 7) is 2.01. The summed E-state index contributed by atoms with van der Waals surface area (Å²) in [5.74, 6) is 0.111. The van der Waals surface area contributed by atoms with E-state index in [0.717, 1.165) is 21.0 Å².